The minimum absolute atomic E-state index is 0.00343. The molecule has 0 bridgehead atoms. The average Bonchev–Trinajstić information content (AvgIpc) is 2.58. The van der Waals surface area contributed by atoms with Crippen LogP contribution in [-0.2, 0) is 7.05 Å². The Morgan fingerprint density at radius 3 is 2.72 bits per heavy atom. The second-order valence-electron chi connectivity index (χ2n) is 3.79. The number of hydrogen-bond acceptors (Lipinski definition) is 4. The fraction of sp³-hybridized carbons (Fsp3) is 0.167. The Bertz CT molecular complexity index is 642. The van der Waals surface area contributed by atoms with E-state index in [1.807, 2.05) is 6.07 Å². The van der Waals surface area contributed by atoms with E-state index in [9.17, 15) is 4.39 Å². The molecule has 1 aromatic heterocycles. The van der Waals surface area contributed by atoms with Crippen molar-refractivity contribution in [3.8, 4) is 17.7 Å². The Balaban J connectivity index is 2.38. The van der Waals surface area contributed by atoms with Crippen LogP contribution in [0.25, 0.3) is 0 Å². The lowest BCUT2D eigenvalue weighted by Gasteiger charge is -2.07. The summed E-state index contributed by atoms with van der Waals surface area (Å²) in [6.45, 7) is 1.73. The van der Waals surface area contributed by atoms with Gasteiger partial charge in [0.1, 0.15) is 5.69 Å². The fourth-order valence-electron chi connectivity index (χ4n) is 1.53. The van der Waals surface area contributed by atoms with Crippen molar-refractivity contribution < 1.29 is 9.13 Å². The van der Waals surface area contributed by atoms with Gasteiger partial charge in [0.15, 0.2) is 11.6 Å². The minimum Gasteiger partial charge on any atom is -0.434 e. The van der Waals surface area contributed by atoms with Gasteiger partial charge in [-0.3, -0.25) is 0 Å². The number of rotatable bonds is 2. The van der Waals surface area contributed by atoms with Crippen molar-refractivity contribution in [3.63, 3.8) is 0 Å². The van der Waals surface area contributed by atoms with Crippen LogP contribution in [0.4, 0.5) is 10.1 Å². The lowest BCUT2D eigenvalue weighted by molar-refractivity contribution is 0.405. The van der Waals surface area contributed by atoms with Gasteiger partial charge < -0.3 is 10.5 Å². The van der Waals surface area contributed by atoms with E-state index in [0.717, 1.165) is 6.07 Å². The molecule has 6 heteroatoms. The smallest absolute Gasteiger partial charge is 0.241 e. The molecule has 0 aliphatic heterocycles. The fourth-order valence-corrected chi connectivity index (χ4v) is 1.53. The molecule has 0 aliphatic rings. The first-order valence-corrected chi connectivity index (χ1v) is 5.19. The molecule has 0 unspecified atom stereocenters. The van der Waals surface area contributed by atoms with Crippen molar-refractivity contribution in [2.45, 2.75) is 6.92 Å². The molecule has 2 N–H and O–H groups in total. The molecule has 0 spiro atoms. The maximum absolute atomic E-state index is 13.6. The Kier molecular flexibility index (Phi) is 2.90. The van der Waals surface area contributed by atoms with Crippen molar-refractivity contribution in [1.82, 2.24) is 9.78 Å². The van der Waals surface area contributed by atoms with E-state index >= 15 is 0 Å². The molecule has 2 aromatic rings. The molecule has 1 aromatic carbocycles. The number of anilines is 1. The lowest BCUT2D eigenvalue weighted by atomic mass is 10.2. The summed E-state index contributed by atoms with van der Waals surface area (Å²) in [7, 11) is 1.65. The molecule has 0 saturated carbocycles. The van der Waals surface area contributed by atoms with Crippen LogP contribution < -0.4 is 10.5 Å². The Morgan fingerprint density at radius 1 is 1.50 bits per heavy atom. The van der Waals surface area contributed by atoms with Gasteiger partial charge in [-0.1, -0.05) is 0 Å². The first-order valence-electron chi connectivity index (χ1n) is 5.19. The topological polar surface area (TPSA) is 76.9 Å². The SMILES string of the molecule is Cc1nn(C)c(Oc2ccc(C#N)cc2F)c1N. The van der Waals surface area contributed by atoms with Gasteiger partial charge >= 0.3 is 0 Å². The summed E-state index contributed by atoms with van der Waals surface area (Å²) in [6.07, 6.45) is 0. The van der Waals surface area contributed by atoms with E-state index in [4.69, 9.17) is 15.7 Å². The second kappa shape index (κ2) is 4.37. The Morgan fingerprint density at radius 2 is 2.22 bits per heavy atom. The van der Waals surface area contributed by atoms with E-state index < -0.39 is 5.82 Å². The number of nitrogen functional groups attached to an aromatic ring is 1. The molecule has 1 heterocycles. The summed E-state index contributed by atoms with van der Waals surface area (Å²) in [4.78, 5) is 0. The highest BCUT2D eigenvalue weighted by atomic mass is 19.1. The van der Waals surface area contributed by atoms with E-state index in [0.29, 0.717) is 11.4 Å². The number of benzene rings is 1. The zero-order chi connectivity index (χ0) is 13.3. The van der Waals surface area contributed by atoms with Crippen LogP contribution in [0.3, 0.4) is 0 Å². The number of hydrogen-bond donors (Lipinski definition) is 1. The van der Waals surface area contributed by atoms with Crippen LogP contribution in [0.15, 0.2) is 18.2 Å². The van der Waals surface area contributed by atoms with Gasteiger partial charge in [0, 0.05) is 7.05 Å². The molecule has 92 valence electrons. The zero-order valence-corrected chi connectivity index (χ0v) is 9.94. The number of nitrogens with zero attached hydrogens (tertiary/aromatic N) is 3. The first kappa shape index (κ1) is 11.9. The summed E-state index contributed by atoms with van der Waals surface area (Å²) in [5, 5.41) is 12.7. The number of halogens is 1. The molecule has 0 radical (unpaired) electrons. The van der Waals surface area contributed by atoms with Gasteiger partial charge in [-0.05, 0) is 25.1 Å². The highest BCUT2D eigenvalue weighted by molar-refractivity contribution is 5.54. The summed E-state index contributed by atoms with van der Waals surface area (Å²) >= 11 is 0. The zero-order valence-electron chi connectivity index (χ0n) is 9.94. The predicted molar refractivity (Wildman–Crippen MR) is 63.5 cm³/mol. The highest BCUT2D eigenvalue weighted by Gasteiger charge is 2.14. The normalized spacial score (nSPS) is 10.1. The van der Waals surface area contributed by atoms with Gasteiger partial charge in [0.25, 0.3) is 0 Å². The molecule has 18 heavy (non-hydrogen) atoms. The molecule has 2 rings (SSSR count). The maximum atomic E-state index is 13.6. The summed E-state index contributed by atoms with van der Waals surface area (Å²) < 4.78 is 20.5. The number of nitrogens with two attached hydrogens (primary N) is 1. The number of aromatic nitrogens is 2. The van der Waals surface area contributed by atoms with Crippen LogP contribution in [-0.4, -0.2) is 9.78 Å². The van der Waals surface area contributed by atoms with Crippen LogP contribution >= 0.6 is 0 Å². The van der Waals surface area contributed by atoms with E-state index in [1.54, 1.807) is 14.0 Å². The molecule has 0 amide bonds. The second-order valence-corrected chi connectivity index (χ2v) is 3.79. The minimum atomic E-state index is -0.618. The lowest BCUT2D eigenvalue weighted by Crippen LogP contribution is -1.98. The van der Waals surface area contributed by atoms with Crippen LogP contribution in [0, 0.1) is 24.1 Å². The third-order valence-corrected chi connectivity index (χ3v) is 2.48. The van der Waals surface area contributed by atoms with Crippen molar-refractivity contribution in [2.75, 3.05) is 5.73 Å². The third-order valence-electron chi connectivity index (χ3n) is 2.48. The first-order chi connectivity index (χ1) is 8.52. The molecular weight excluding hydrogens is 235 g/mol. The quantitative estimate of drug-likeness (QED) is 0.880. The molecule has 0 fully saturated rings. The third kappa shape index (κ3) is 1.98. The number of nitriles is 1. The molecule has 5 nitrogen and oxygen atoms in total. The summed E-state index contributed by atoms with van der Waals surface area (Å²) in [5.74, 6) is -0.341. The van der Waals surface area contributed by atoms with Crippen LogP contribution in [0.2, 0.25) is 0 Å². The van der Waals surface area contributed by atoms with Crippen molar-refractivity contribution in [3.05, 3.63) is 35.3 Å². The van der Waals surface area contributed by atoms with Gasteiger partial charge in [0.05, 0.1) is 17.3 Å². The Hall–Kier alpha value is -2.55. The largest absolute Gasteiger partial charge is 0.434 e. The molecule has 0 atom stereocenters. The van der Waals surface area contributed by atoms with Crippen LogP contribution in [0.1, 0.15) is 11.3 Å². The summed E-state index contributed by atoms with van der Waals surface area (Å²) in [5.41, 5.74) is 6.98. The highest BCUT2D eigenvalue weighted by Crippen LogP contribution is 2.30. The van der Waals surface area contributed by atoms with Gasteiger partial charge in [0.2, 0.25) is 5.88 Å². The number of aryl methyl sites for hydroxylation is 2. The van der Waals surface area contributed by atoms with Crippen LogP contribution in [0.5, 0.6) is 11.6 Å². The monoisotopic (exact) mass is 246 g/mol. The Labute approximate surface area is 103 Å². The van der Waals surface area contributed by atoms with Crippen molar-refractivity contribution >= 4 is 5.69 Å². The van der Waals surface area contributed by atoms with E-state index in [-0.39, 0.29) is 17.2 Å². The molecule has 0 saturated heterocycles. The predicted octanol–water partition coefficient (Wildman–Crippen LogP) is 2.11. The van der Waals surface area contributed by atoms with Gasteiger partial charge in [-0.25, -0.2) is 9.07 Å². The van der Waals surface area contributed by atoms with Crippen molar-refractivity contribution in [1.29, 1.82) is 5.26 Å². The standard InChI is InChI=1S/C12H11FN4O/c1-7-11(15)12(17(2)16-7)18-10-4-3-8(6-14)5-9(10)13/h3-5H,15H2,1-2H3. The number of ether oxygens (including phenoxy) is 1. The van der Waals surface area contributed by atoms with E-state index in [2.05, 4.69) is 5.10 Å². The van der Waals surface area contributed by atoms with Gasteiger partial charge in [-0.15, -0.1) is 0 Å². The molecular formula is C12H11FN4O. The summed E-state index contributed by atoms with van der Waals surface area (Å²) in [6, 6.07) is 5.81. The maximum Gasteiger partial charge on any atom is 0.241 e. The van der Waals surface area contributed by atoms with E-state index in [1.165, 1.54) is 16.8 Å². The molecule has 0 aliphatic carbocycles. The average molecular weight is 246 g/mol. The van der Waals surface area contributed by atoms with Gasteiger partial charge in [-0.2, -0.15) is 10.4 Å². The van der Waals surface area contributed by atoms with Crippen molar-refractivity contribution in [2.24, 2.45) is 7.05 Å².